The van der Waals surface area contributed by atoms with Crippen LogP contribution in [-0.4, -0.2) is 45.2 Å². The van der Waals surface area contributed by atoms with E-state index in [9.17, 15) is 18.4 Å². The Balaban J connectivity index is 1.68. The Kier molecular flexibility index (Phi) is 7.11. The smallest absolute Gasteiger partial charge is 0.267 e. The SMILES string of the molecule is CN(C)[S+](=O)([O-])c1ccc(-c2ccc(=O)n(CC(=O)NCCc3ccccc3)n2)cc1. The number of carbonyl (C=O) groups is 1. The molecule has 2 aromatic carbocycles. The molecule has 0 fully saturated rings. The van der Waals surface area contributed by atoms with Crippen LogP contribution in [0.4, 0.5) is 0 Å². The molecular formula is C22H24N4O4S. The van der Waals surface area contributed by atoms with E-state index in [1.807, 2.05) is 30.3 Å². The molecule has 0 saturated carbocycles. The van der Waals surface area contributed by atoms with Crippen LogP contribution in [0.15, 0.2) is 76.4 Å². The molecular weight excluding hydrogens is 416 g/mol. The molecule has 1 amide bonds. The van der Waals surface area contributed by atoms with Crippen LogP contribution in [0.5, 0.6) is 0 Å². The van der Waals surface area contributed by atoms with E-state index in [0.29, 0.717) is 24.2 Å². The van der Waals surface area contributed by atoms with Crippen LogP contribution in [0.3, 0.4) is 0 Å². The molecule has 162 valence electrons. The minimum atomic E-state index is -3.53. The topological polar surface area (TPSA) is 107 Å². The first-order valence-corrected chi connectivity index (χ1v) is 11.1. The zero-order valence-corrected chi connectivity index (χ0v) is 18.2. The first-order valence-electron chi connectivity index (χ1n) is 9.69. The molecule has 0 aliphatic carbocycles. The number of hydrogen-bond donors (Lipinski definition) is 1. The van der Waals surface area contributed by atoms with Crippen LogP contribution < -0.4 is 10.9 Å². The van der Waals surface area contributed by atoms with Crippen molar-refractivity contribution in [1.82, 2.24) is 19.4 Å². The summed E-state index contributed by atoms with van der Waals surface area (Å²) in [6, 6.07) is 18.9. The van der Waals surface area contributed by atoms with Crippen LogP contribution in [0.25, 0.3) is 11.3 Å². The van der Waals surface area contributed by atoms with Gasteiger partial charge in [-0.3, -0.25) is 9.59 Å². The highest BCUT2D eigenvalue weighted by Crippen LogP contribution is 2.22. The second kappa shape index (κ2) is 9.78. The standard InChI is InChI=1S/C22H24N4O4S/c1-25(2)31(29,30)19-10-8-18(9-11-19)20-12-13-22(28)26(24-20)16-21(27)23-15-14-17-6-4-3-5-7-17/h3-13H,14-16H2,1-2H3,(H-,23,27,29,30). The Morgan fingerprint density at radius 2 is 1.74 bits per heavy atom. The molecule has 1 atom stereocenters. The van der Waals surface area contributed by atoms with Gasteiger partial charge in [-0.25, -0.2) is 4.68 Å². The van der Waals surface area contributed by atoms with Gasteiger partial charge < -0.3 is 9.87 Å². The average molecular weight is 441 g/mol. The average Bonchev–Trinajstić information content (AvgIpc) is 2.76. The minimum Gasteiger partial charge on any atom is -0.593 e. The summed E-state index contributed by atoms with van der Waals surface area (Å²) in [5.41, 5.74) is 1.81. The second-order valence-corrected chi connectivity index (χ2v) is 9.26. The Labute approximate surface area is 181 Å². The van der Waals surface area contributed by atoms with Crippen molar-refractivity contribution in [2.24, 2.45) is 0 Å². The van der Waals surface area contributed by atoms with Gasteiger partial charge in [0, 0.05) is 32.3 Å². The third kappa shape index (κ3) is 5.72. The Hall–Kier alpha value is -3.14. The fourth-order valence-corrected chi connectivity index (χ4v) is 3.81. The molecule has 0 saturated heterocycles. The minimum absolute atomic E-state index is 0.160. The lowest BCUT2D eigenvalue weighted by Crippen LogP contribution is -2.34. The first kappa shape index (κ1) is 22.5. The fraction of sp³-hybridized carbons (Fsp3) is 0.227. The number of hydrogen-bond acceptors (Lipinski definition) is 5. The molecule has 3 aromatic rings. The van der Waals surface area contributed by atoms with Crippen LogP contribution in [0.1, 0.15) is 5.56 Å². The largest absolute Gasteiger partial charge is 0.593 e. The molecule has 0 aliphatic heterocycles. The van der Waals surface area contributed by atoms with Crippen molar-refractivity contribution in [1.29, 1.82) is 0 Å². The number of benzene rings is 2. The zero-order chi connectivity index (χ0) is 22.4. The van der Waals surface area contributed by atoms with Gasteiger partial charge in [-0.2, -0.15) is 5.10 Å². The molecule has 0 spiro atoms. The van der Waals surface area contributed by atoms with Crippen LogP contribution >= 0.6 is 0 Å². The molecule has 8 nitrogen and oxygen atoms in total. The van der Waals surface area contributed by atoms with Crippen LogP contribution in [-0.2, 0) is 32.4 Å². The highest BCUT2D eigenvalue weighted by molar-refractivity contribution is 7.95. The summed E-state index contributed by atoms with van der Waals surface area (Å²) in [5.74, 6) is -0.310. The maximum Gasteiger partial charge on any atom is 0.267 e. The van der Waals surface area contributed by atoms with E-state index >= 15 is 0 Å². The number of aromatic nitrogens is 2. The van der Waals surface area contributed by atoms with Crippen molar-refractivity contribution < 1.29 is 13.6 Å². The molecule has 1 aromatic heterocycles. The third-order valence-electron chi connectivity index (χ3n) is 4.67. The number of rotatable bonds is 8. The summed E-state index contributed by atoms with van der Waals surface area (Å²) in [7, 11) is -0.603. The summed E-state index contributed by atoms with van der Waals surface area (Å²) in [6.07, 6.45) is 0.692. The van der Waals surface area contributed by atoms with Gasteiger partial charge in [-0.15, -0.1) is 4.31 Å². The number of sulfonamides is 1. The van der Waals surface area contributed by atoms with E-state index in [4.69, 9.17) is 0 Å². The van der Waals surface area contributed by atoms with Gasteiger partial charge in [0.25, 0.3) is 5.56 Å². The van der Waals surface area contributed by atoms with Crippen molar-refractivity contribution in [3.05, 3.63) is 82.6 Å². The van der Waals surface area contributed by atoms with E-state index < -0.39 is 16.0 Å². The van der Waals surface area contributed by atoms with Crippen molar-refractivity contribution in [3.63, 3.8) is 0 Å². The molecule has 9 heteroatoms. The molecule has 0 radical (unpaired) electrons. The lowest BCUT2D eigenvalue weighted by atomic mass is 10.1. The highest BCUT2D eigenvalue weighted by Gasteiger charge is 2.23. The third-order valence-corrected chi connectivity index (χ3v) is 6.50. The van der Waals surface area contributed by atoms with E-state index in [0.717, 1.165) is 14.6 Å². The second-order valence-electron chi connectivity index (χ2n) is 7.11. The van der Waals surface area contributed by atoms with E-state index in [1.165, 1.54) is 32.3 Å². The van der Waals surface area contributed by atoms with Crippen LogP contribution in [0, 0.1) is 0 Å². The molecule has 31 heavy (non-hydrogen) atoms. The molecule has 3 rings (SSSR count). The Morgan fingerprint density at radius 3 is 2.39 bits per heavy atom. The van der Waals surface area contributed by atoms with Crippen molar-refractivity contribution in [3.8, 4) is 11.3 Å². The lowest BCUT2D eigenvalue weighted by Gasteiger charge is -2.19. The number of nitrogens with zero attached hydrogens (tertiary/aromatic N) is 3. The van der Waals surface area contributed by atoms with E-state index in [-0.39, 0.29) is 17.3 Å². The number of amides is 1. The normalized spacial score (nSPS) is 13.0. The number of carbonyl (C=O) groups excluding carboxylic acids is 1. The van der Waals surface area contributed by atoms with Crippen LogP contribution in [0.2, 0.25) is 0 Å². The quantitative estimate of drug-likeness (QED) is 0.537. The van der Waals surface area contributed by atoms with Crippen molar-refractivity contribution >= 4 is 16.3 Å². The maximum atomic E-state index is 12.2. The molecule has 1 N–H and O–H groups in total. The van der Waals surface area contributed by atoms with Gasteiger partial charge in [0.2, 0.25) is 5.91 Å². The van der Waals surface area contributed by atoms with Gasteiger partial charge >= 0.3 is 0 Å². The van der Waals surface area contributed by atoms with Crippen molar-refractivity contribution in [2.75, 3.05) is 20.6 Å². The molecule has 0 aliphatic rings. The van der Waals surface area contributed by atoms with Crippen molar-refractivity contribution in [2.45, 2.75) is 17.9 Å². The predicted octanol–water partition coefficient (Wildman–Crippen LogP) is 1.73. The number of nitrogens with one attached hydrogen (secondary N) is 1. The molecule has 1 heterocycles. The first-order chi connectivity index (χ1) is 14.8. The van der Waals surface area contributed by atoms with Gasteiger partial charge in [-0.05, 0) is 42.3 Å². The lowest BCUT2D eigenvalue weighted by molar-refractivity contribution is -0.121. The van der Waals surface area contributed by atoms with Gasteiger partial charge in [0.05, 0.1) is 5.69 Å². The van der Waals surface area contributed by atoms with Gasteiger partial charge in [0.1, 0.15) is 6.54 Å². The summed E-state index contributed by atoms with van der Waals surface area (Å²) in [6.45, 7) is 0.258. The summed E-state index contributed by atoms with van der Waals surface area (Å²) in [4.78, 5) is 24.5. The summed E-state index contributed by atoms with van der Waals surface area (Å²) >= 11 is 0. The van der Waals surface area contributed by atoms with Gasteiger partial charge in [-0.1, -0.05) is 34.5 Å². The van der Waals surface area contributed by atoms with E-state index in [2.05, 4.69) is 10.4 Å². The fourth-order valence-electron chi connectivity index (χ4n) is 2.91. The van der Waals surface area contributed by atoms with E-state index in [1.54, 1.807) is 18.2 Å². The van der Waals surface area contributed by atoms with Gasteiger partial charge in [0.15, 0.2) is 15.3 Å². The summed E-state index contributed by atoms with van der Waals surface area (Å²) in [5, 5.41) is 7.05. The maximum absolute atomic E-state index is 12.2. The Bertz CT molecular complexity index is 1140. The Morgan fingerprint density at radius 1 is 1.06 bits per heavy atom. The predicted molar refractivity (Wildman–Crippen MR) is 118 cm³/mol. The summed E-state index contributed by atoms with van der Waals surface area (Å²) < 4.78 is 26.6. The highest BCUT2D eigenvalue weighted by atomic mass is 32.3. The zero-order valence-electron chi connectivity index (χ0n) is 17.4. The monoisotopic (exact) mass is 440 g/mol. The molecule has 1 unspecified atom stereocenters. The molecule has 0 bridgehead atoms.